The molecule has 0 aliphatic rings. The Labute approximate surface area is 108 Å². The highest BCUT2D eigenvalue weighted by Gasteiger charge is 2.08. The molecule has 0 atom stereocenters. The van der Waals surface area contributed by atoms with Gasteiger partial charge in [0.2, 0.25) is 0 Å². The van der Waals surface area contributed by atoms with Gasteiger partial charge >= 0.3 is 0 Å². The Balaban J connectivity index is 2.19. The van der Waals surface area contributed by atoms with Crippen LogP contribution in [0.15, 0.2) is 42.5 Å². The molecule has 0 saturated heterocycles. The molecule has 92 valence electrons. The summed E-state index contributed by atoms with van der Waals surface area (Å²) >= 11 is 5.73. The first kappa shape index (κ1) is 12.4. The molecule has 2 aromatic rings. The van der Waals surface area contributed by atoms with Gasteiger partial charge in [-0.1, -0.05) is 11.6 Å². The normalized spacial score (nSPS) is 10.1. The molecule has 0 spiro atoms. The molecule has 0 bridgehead atoms. The quantitative estimate of drug-likeness (QED) is 0.818. The van der Waals surface area contributed by atoms with Crippen molar-refractivity contribution in [2.24, 2.45) is 0 Å². The minimum absolute atomic E-state index is 0.169. The van der Waals surface area contributed by atoms with E-state index in [-0.39, 0.29) is 11.3 Å². The minimum Gasteiger partial charge on any atom is -0.399 e. The number of carbonyl (C=O) groups is 1. The Morgan fingerprint density at radius 2 is 1.83 bits per heavy atom. The van der Waals surface area contributed by atoms with Gasteiger partial charge in [-0.2, -0.15) is 0 Å². The lowest BCUT2D eigenvalue weighted by molar-refractivity contribution is 0.102. The first-order chi connectivity index (χ1) is 8.54. The van der Waals surface area contributed by atoms with E-state index in [1.807, 2.05) is 0 Å². The molecule has 3 nitrogen and oxygen atoms in total. The second-order valence-electron chi connectivity index (χ2n) is 3.73. The van der Waals surface area contributed by atoms with Crippen LogP contribution in [0.3, 0.4) is 0 Å². The molecule has 3 N–H and O–H groups in total. The molecule has 1 amide bonds. The molecular formula is C13H10ClFN2O. The van der Waals surface area contributed by atoms with Gasteiger partial charge in [-0.15, -0.1) is 0 Å². The van der Waals surface area contributed by atoms with Crippen LogP contribution in [-0.4, -0.2) is 5.91 Å². The molecule has 0 radical (unpaired) electrons. The van der Waals surface area contributed by atoms with Crippen LogP contribution in [0.1, 0.15) is 10.4 Å². The molecule has 0 unspecified atom stereocenters. The van der Waals surface area contributed by atoms with Crippen LogP contribution in [-0.2, 0) is 0 Å². The van der Waals surface area contributed by atoms with E-state index in [0.717, 1.165) is 12.1 Å². The van der Waals surface area contributed by atoms with Crippen LogP contribution in [0.5, 0.6) is 0 Å². The van der Waals surface area contributed by atoms with Gasteiger partial charge in [-0.25, -0.2) is 4.39 Å². The zero-order chi connectivity index (χ0) is 13.1. The summed E-state index contributed by atoms with van der Waals surface area (Å²) in [6.45, 7) is 0. The number of rotatable bonds is 2. The van der Waals surface area contributed by atoms with Crippen molar-refractivity contribution >= 4 is 28.9 Å². The van der Waals surface area contributed by atoms with Crippen molar-refractivity contribution in [3.63, 3.8) is 0 Å². The third-order valence-corrected chi connectivity index (χ3v) is 2.54. The second-order valence-corrected chi connectivity index (χ2v) is 4.17. The SMILES string of the molecule is Nc1cc(F)cc(C(=O)Nc2ccc(Cl)cc2)c1. The number of nitrogens with one attached hydrogen (secondary N) is 1. The molecule has 2 rings (SSSR count). The van der Waals surface area contributed by atoms with E-state index < -0.39 is 11.7 Å². The summed E-state index contributed by atoms with van der Waals surface area (Å²) in [7, 11) is 0. The van der Waals surface area contributed by atoms with Gasteiger partial charge in [-0.3, -0.25) is 4.79 Å². The second kappa shape index (κ2) is 5.06. The number of nitrogens with two attached hydrogens (primary N) is 1. The third kappa shape index (κ3) is 2.99. The van der Waals surface area contributed by atoms with Gasteiger partial charge in [0.05, 0.1) is 0 Å². The number of nitrogen functional groups attached to an aromatic ring is 1. The molecule has 2 aromatic carbocycles. The predicted molar refractivity (Wildman–Crippen MR) is 70.2 cm³/mol. The highest BCUT2D eigenvalue weighted by atomic mass is 35.5. The average Bonchev–Trinajstić information content (AvgIpc) is 2.31. The first-order valence-corrected chi connectivity index (χ1v) is 5.55. The van der Waals surface area contributed by atoms with E-state index in [1.165, 1.54) is 6.07 Å². The zero-order valence-electron chi connectivity index (χ0n) is 9.28. The van der Waals surface area contributed by atoms with Gasteiger partial charge in [0.15, 0.2) is 0 Å². The Kier molecular flexibility index (Phi) is 3.48. The lowest BCUT2D eigenvalue weighted by Gasteiger charge is -2.06. The van der Waals surface area contributed by atoms with Crippen LogP contribution in [0, 0.1) is 5.82 Å². The van der Waals surface area contributed by atoms with Crippen LogP contribution in [0.25, 0.3) is 0 Å². The Morgan fingerprint density at radius 1 is 1.17 bits per heavy atom. The van der Waals surface area contributed by atoms with E-state index in [9.17, 15) is 9.18 Å². The first-order valence-electron chi connectivity index (χ1n) is 5.17. The summed E-state index contributed by atoms with van der Waals surface area (Å²) in [5, 5.41) is 3.19. The molecular weight excluding hydrogens is 255 g/mol. The van der Waals surface area contributed by atoms with Gasteiger partial charge in [0.25, 0.3) is 5.91 Å². The van der Waals surface area contributed by atoms with Crippen molar-refractivity contribution in [3.05, 3.63) is 58.9 Å². The van der Waals surface area contributed by atoms with Crippen LogP contribution in [0.4, 0.5) is 15.8 Å². The maximum Gasteiger partial charge on any atom is 0.255 e. The summed E-state index contributed by atoms with van der Waals surface area (Å²) in [5.74, 6) is -0.972. The lowest BCUT2D eigenvalue weighted by atomic mass is 10.2. The zero-order valence-corrected chi connectivity index (χ0v) is 10.0. The van der Waals surface area contributed by atoms with Crippen LogP contribution in [0.2, 0.25) is 5.02 Å². The number of hydrogen-bond donors (Lipinski definition) is 2. The van der Waals surface area contributed by atoms with E-state index in [2.05, 4.69) is 5.32 Å². The predicted octanol–water partition coefficient (Wildman–Crippen LogP) is 3.31. The summed E-state index contributed by atoms with van der Waals surface area (Å²) in [6, 6.07) is 10.3. The molecule has 0 fully saturated rings. The van der Waals surface area contributed by atoms with Crippen LogP contribution >= 0.6 is 11.6 Å². The summed E-state index contributed by atoms with van der Waals surface area (Å²) in [4.78, 5) is 11.8. The van der Waals surface area contributed by atoms with E-state index >= 15 is 0 Å². The molecule has 0 aromatic heterocycles. The summed E-state index contributed by atoms with van der Waals surface area (Å²) < 4.78 is 13.1. The topological polar surface area (TPSA) is 55.1 Å². The van der Waals surface area contributed by atoms with Crippen LogP contribution < -0.4 is 11.1 Å². The fourth-order valence-corrected chi connectivity index (χ4v) is 1.61. The summed E-state index contributed by atoms with van der Waals surface area (Å²) in [6.07, 6.45) is 0. The standard InChI is InChI=1S/C13H10ClFN2O/c14-9-1-3-12(4-2-9)17-13(18)8-5-10(15)7-11(16)6-8/h1-7H,16H2,(H,17,18). The van der Waals surface area contributed by atoms with E-state index in [4.69, 9.17) is 17.3 Å². The maximum atomic E-state index is 13.1. The highest BCUT2D eigenvalue weighted by molar-refractivity contribution is 6.30. The van der Waals surface area contributed by atoms with Gasteiger partial charge in [0.1, 0.15) is 5.82 Å². The number of benzene rings is 2. The van der Waals surface area contributed by atoms with Crippen molar-refractivity contribution in [1.29, 1.82) is 0 Å². The van der Waals surface area contributed by atoms with E-state index in [1.54, 1.807) is 24.3 Å². The Bertz CT molecular complexity index is 564. The monoisotopic (exact) mass is 264 g/mol. The fourth-order valence-electron chi connectivity index (χ4n) is 1.48. The van der Waals surface area contributed by atoms with Crippen molar-refractivity contribution in [1.82, 2.24) is 0 Å². The van der Waals surface area contributed by atoms with Gasteiger partial charge in [-0.05, 0) is 42.5 Å². The summed E-state index contributed by atoms with van der Waals surface area (Å²) in [5.41, 5.74) is 6.42. The lowest BCUT2D eigenvalue weighted by Crippen LogP contribution is -2.12. The molecule has 18 heavy (non-hydrogen) atoms. The highest BCUT2D eigenvalue weighted by Crippen LogP contribution is 2.16. The smallest absolute Gasteiger partial charge is 0.255 e. The molecule has 0 saturated carbocycles. The Morgan fingerprint density at radius 3 is 2.44 bits per heavy atom. The third-order valence-electron chi connectivity index (χ3n) is 2.28. The number of anilines is 2. The van der Waals surface area contributed by atoms with E-state index in [0.29, 0.717) is 10.7 Å². The number of hydrogen-bond acceptors (Lipinski definition) is 2. The largest absolute Gasteiger partial charge is 0.399 e. The average molecular weight is 265 g/mol. The van der Waals surface area contributed by atoms with Gasteiger partial charge in [0, 0.05) is 22.0 Å². The van der Waals surface area contributed by atoms with Crippen molar-refractivity contribution < 1.29 is 9.18 Å². The molecule has 5 heteroatoms. The Hall–Kier alpha value is -2.07. The van der Waals surface area contributed by atoms with Crippen molar-refractivity contribution in [3.8, 4) is 0 Å². The molecule has 0 aliphatic heterocycles. The van der Waals surface area contributed by atoms with Gasteiger partial charge < -0.3 is 11.1 Å². The number of carbonyl (C=O) groups excluding carboxylic acids is 1. The maximum absolute atomic E-state index is 13.1. The molecule has 0 heterocycles. The number of amides is 1. The van der Waals surface area contributed by atoms with Crippen molar-refractivity contribution in [2.75, 3.05) is 11.1 Å². The molecule has 0 aliphatic carbocycles. The fraction of sp³-hybridized carbons (Fsp3) is 0. The number of halogens is 2. The minimum atomic E-state index is -0.545. The van der Waals surface area contributed by atoms with Crippen molar-refractivity contribution in [2.45, 2.75) is 0 Å².